The number of benzene rings is 1. The second-order valence-corrected chi connectivity index (χ2v) is 3.67. The van der Waals surface area contributed by atoms with E-state index in [2.05, 4.69) is 9.72 Å². The largest absolute Gasteiger partial charge is 0.465 e. The first kappa shape index (κ1) is 12.7. The summed E-state index contributed by atoms with van der Waals surface area (Å²) in [7, 11) is 1.13. The van der Waals surface area contributed by atoms with Crippen LogP contribution in [0.15, 0.2) is 34.0 Å². The number of ether oxygens (including phenoxy) is 1. The highest BCUT2D eigenvalue weighted by Crippen LogP contribution is 2.18. The molecule has 0 spiro atoms. The topological polar surface area (TPSA) is 92.0 Å². The van der Waals surface area contributed by atoms with Crippen molar-refractivity contribution in [2.45, 2.75) is 0 Å². The molecule has 2 N–H and O–H groups in total. The average Bonchev–Trinajstić information content (AvgIpc) is 2.39. The summed E-state index contributed by atoms with van der Waals surface area (Å²) in [4.78, 5) is 38.2. The van der Waals surface area contributed by atoms with Gasteiger partial charge in [-0.25, -0.2) is 14.0 Å². The molecule has 6 nitrogen and oxygen atoms in total. The van der Waals surface area contributed by atoms with Gasteiger partial charge in [0.15, 0.2) is 0 Å². The number of halogens is 1. The predicted molar refractivity (Wildman–Crippen MR) is 64.4 cm³/mol. The van der Waals surface area contributed by atoms with Gasteiger partial charge < -0.3 is 9.72 Å². The number of hydrogen-bond donors (Lipinski definition) is 2. The van der Waals surface area contributed by atoms with Crippen LogP contribution in [0.3, 0.4) is 0 Å². The van der Waals surface area contributed by atoms with Crippen LogP contribution >= 0.6 is 0 Å². The molecule has 7 heteroatoms. The van der Waals surface area contributed by atoms with Crippen LogP contribution in [0.1, 0.15) is 10.4 Å². The number of hydrogen-bond acceptors (Lipinski definition) is 4. The summed E-state index contributed by atoms with van der Waals surface area (Å²) in [6.45, 7) is 0. The van der Waals surface area contributed by atoms with Gasteiger partial charge in [-0.15, -0.1) is 0 Å². The molecule has 0 atom stereocenters. The van der Waals surface area contributed by atoms with E-state index in [4.69, 9.17) is 0 Å². The maximum absolute atomic E-state index is 13.4. The molecule has 0 aliphatic carbocycles. The van der Waals surface area contributed by atoms with Crippen LogP contribution in [0, 0.1) is 5.82 Å². The van der Waals surface area contributed by atoms with Crippen molar-refractivity contribution < 1.29 is 13.9 Å². The van der Waals surface area contributed by atoms with E-state index in [0.717, 1.165) is 13.2 Å². The maximum Gasteiger partial charge on any atom is 0.340 e. The Morgan fingerprint density at radius 2 is 2.05 bits per heavy atom. The molecular weight excluding hydrogens is 255 g/mol. The lowest BCUT2D eigenvalue weighted by atomic mass is 10.1. The van der Waals surface area contributed by atoms with E-state index in [1.54, 1.807) is 0 Å². The third-order valence-electron chi connectivity index (χ3n) is 2.50. The van der Waals surface area contributed by atoms with Crippen molar-refractivity contribution in [2.24, 2.45) is 0 Å². The summed E-state index contributed by atoms with van der Waals surface area (Å²) in [5, 5.41) is 0. The highest BCUT2D eigenvalue weighted by Gasteiger charge is 2.14. The molecule has 0 amide bonds. The number of esters is 1. The van der Waals surface area contributed by atoms with Gasteiger partial charge in [0.05, 0.1) is 18.2 Å². The first-order valence-electron chi connectivity index (χ1n) is 5.23. The van der Waals surface area contributed by atoms with Crippen molar-refractivity contribution in [1.29, 1.82) is 0 Å². The van der Waals surface area contributed by atoms with Gasteiger partial charge in [-0.1, -0.05) is 6.07 Å². The maximum atomic E-state index is 13.4. The number of carbonyl (C=O) groups excluding carboxylic acids is 1. The lowest BCUT2D eigenvalue weighted by Crippen LogP contribution is -2.22. The standard InChI is InChI=1S/C12H9FN2O4/c1-19-11(17)7-4-6(2-3-9(7)13)8-5-14-12(18)15-10(8)16/h2-5H,1H3,(H2,14,15,16,18). The molecule has 0 aliphatic rings. The number of aromatic amines is 2. The van der Waals surface area contributed by atoms with Gasteiger partial charge in [-0.3, -0.25) is 9.78 Å². The first-order chi connectivity index (χ1) is 9.02. The number of H-pyrrole nitrogens is 2. The van der Waals surface area contributed by atoms with Crippen molar-refractivity contribution in [2.75, 3.05) is 7.11 Å². The molecule has 0 radical (unpaired) electrons. The minimum atomic E-state index is -0.847. The Bertz CT molecular complexity index is 748. The summed E-state index contributed by atoms with van der Waals surface area (Å²) in [6, 6.07) is 3.56. The zero-order valence-corrected chi connectivity index (χ0v) is 9.82. The Kier molecular flexibility index (Phi) is 3.28. The van der Waals surface area contributed by atoms with Gasteiger partial charge in [0.25, 0.3) is 5.56 Å². The van der Waals surface area contributed by atoms with Crippen molar-refractivity contribution in [3.8, 4) is 11.1 Å². The zero-order chi connectivity index (χ0) is 14.0. The van der Waals surface area contributed by atoms with Crippen LogP contribution in [-0.4, -0.2) is 23.0 Å². The fourth-order valence-corrected chi connectivity index (χ4v) is 1.58. The Morgan fingerprint density at radius 3 is 2.68 bits per heavy atom. The van der Waals surface area contributed by atoms with Crippen LogP contribution in [0.5, 0.6) is 0 Å². The van der Waals surface area contributed by atoms with Gasteiger partial charge in [-0.2, -0.15) is 0 Å². The molecule has 2 aromatic rings. The molecule has 19 heavy (non-hydrogen) atoms. The number of carbonyl (C=O) groups is 1. The second-order valence-electron chi connectivity index (χ2n) is 3.67. The Labute approximate surface area is 105 Å². The third-order valence-corrected chi connectivity index (χ3v) is 2.50. The molecule has 1 heterocycles. The SMILES string of the molecule is COC(=O)c1cc(-c2c[nH]c(=O)[nH]c2=O)ccc1F. The lowest BCUT2D eigenvalue weighted by Gasteiger charge is -2.04. The third kappa shape index (κ3) is 2.44. The smallest absolute Gasteiger partial charge is 0.340 e. The van der Waals surface area contributed by atoms with E-state index in [-0.39, 0.29) is 11.1 Å². The van der Waals surface area contributed by atoms with Crippen molar-refractivity contribution in [1.82, 2.24) is 9.97 Å². The Morgan fingerprint density at radius 1 is 1.32 bits per heavy atom. The van der Waals surface area contributed by atoms with Gasteiger partial charge in [0.1, 0.15) is 5.82 Å². The molecule has 0 bridgehead atoms. The van der Waals surface area contributed by atoms with E-state index >= 15 is 0 Å². The summed E-state index contributed by atoms with van der Waals surface area (Å²) in [6.07, 6.45) is 1.19. The Hall–Kier alpha value is -2.70. The molecule has 1 aromatic carbocycles. The van der Waals surface area contributed by atoms with E-state index in [9.17, 15) is 18.8 Å². The molecule has 2 rings (SSSR count). The quantitative estimate of drug-likeness (QED) is 0.779. The van der Waals surface area contributed by atoms with Crippen molar-refractivity contribution in [3.63, 3.8) is 0 Å². The fraction of sp³-hybridized carbons (Fsp3) is 0.0833. The molecule has 98 valence electrons. The highest BCUT2D eigenvalue weighted by atomic mass is 19.1. The average molecular weight is 264 g/mol. The normalized spacial score (nSPS) is 10.2. The Balaban J connectivity index is 2.61. The summed E-state index contributed by atoms with van der Waals surface area (Å²) in [5.41, 5.74) is -1.16. The molecule has 0 unspecified atom stereocenters. The summed E-state index contributed by atoms with van der Waals surface area (Å²) >= 11 is 0. The molecule has 1 aromatic heterocycles. The zero-order valence-electron chi connectivity index (χ0n) is 9.82. The number of aromatic nitrogens is 2. The van der Waals surface area contributed by atoms with Gasteiger partial charge in [-0.05, 0) is 17.7 Å². The summed E-state index contributed by atoms with van der Waals surface area (Å²) in [5.74, 6) is -1.60. The lowest BCUT2D eigenvalue weighted by molar-refractivity contribution is 0.0595. The monoisotopic (exact) mass is 264 g/mol. The number of methoxy groups -OCH3 is 1. The molecule has 0 saturated carbocycles. The minimum Gasteiger partial charge on any atom is -0.465 e. The van der Waals surface area contributed by atoms with Crippen LogP contribution < -0.4 is 11.2 Å². The molecule has 0 saturated heterocycles. The van der Waals surface area contributed by atoms with Gasteiger partial charge in [0.2, 0.25) is 0 Å². The number of nitrogens with one attached hydrogen (secondary N) is 2. The van der Waals surface area contributed by atoms with E-state index in [1.165, 1.54) is 18.3 Å². The summed E-state index contributed by atoms with van der Waals surface area (Å²) < 4.78 is 17.9. The van der Waals surface area contributed by atoms with Crippen LogP contribution in [-0.2, 0) is 4.74 Å². The van der Waals surface area contributed by atoms with E-state index < -0.39 is 23.0 Å². The van der Waals surface area contributed by atoms with Gasteiger partial charge >= 0.3 is 11.7 Å². The first-order valence-corrected chi connectivity index (χ1v) is 5.23. The molecule has 0 fully saturated rings. The number of rotatable bonds is 2. The van der Waals surface area contributed by atoms with Crippen LogP contribution in [0.25, 0.3) is 11.1 Å². The molecular formula is C12H9FN2O4. The van der Waals surface area contributed by atoms with Crippen molar-refractivity contribution in [3.05, 3.63) is 56.6 Å². The van der Waals surface area contributed by atoms with Crippen LogP contribution in [0.4, 0.5) is 4.39 Å². The van der Waals surface area contributed by atoms with Crippen molar-refractivity contribution >= 4 is 5.97 Å². The highest BCUT2D eigenvalue weighted by molar-refractivity contribution is 5.91. The van der Waals surface area contributed by atoms with E-state index in [1.807, 2.05) is 4.98 Å². The second kappa shape index (κ2) is 4.89. The van der Waals surface area contributed by atoms with E-state index in [0.29, 0.717) is 5.56 Å². The predicted octanol–water partition coefficient (Wildman–Crippen LogP) is 0.656. The minimum absolute atomic E-state index is 0.116. The fourth-order valence-electron chi connectivity index (χ4n) is 1.58. The van der Waals surface area contributed by atoms with Gasteiger partial charge in [0, 0.05) is 6.20 Å². The van der Waals surface area contributed by atoms with Crippen LogP contribution in [0.2, 0.25) is 0 Å². The molecule has 0 aliphatic heterocycles.